The molecule has 0 saturated heterocycles. The average Bonchev–Trinajstić information content (AvgIpc) is 3.03. The number of hydrogen-bond donors (Lipinski definition) is 2. The molecule has 0 saturated carbocycles. The number of aromatic nitrogens is 2. The van der Waals surface area contributed by atoms with Gasteiger partial charge in [-0.25, -0.2) is 17.5 Å². The maximum atomic E-state index is 12.8. The first-order valence-electron chi connectivity index (χ1n) is 9.96. The molecule has 170 valence electrons. The van der Waals surface area contributed by atoms with Crippen LogP contribution in [0.2, 0.25) is 0 Å². The van der Waals surface area contributed by atoms with Crippen LogP contribution >= 0.6 is 0 Å². The summed E-state index contributed by atoms with van der Waals surface area (Å²) in [4.78, 5) is 37.6. The third-order valence-electron chi connectivity index (χ3n) is 4.86. The van der Waals surface area contributed by atoms with Crippen LogP contribution in [0.15, 0.2) is 58.2 Å². The molecule has 0 spiro atoms. The van der Waals surface area contributed by atoms with Gasteiger partial charge in [-0.05, 0) is 36.8 Å². The topological polar surface area (TPSA) is 123 Å². The Morgan fingerprint density at radius 3 is 2.25 bits per heavy atom. The smallest absolute Gasteiger partial charge is 0.292 e. The van der Waals surface area contributed by atoms with E-state index in [1.165, 1.54) is 42.9 Å². The SMILES string of the molecule is CCCn1c(=O)n(CC(=O)NNC(=O)c2cccc(S(=O)(=O)N(C)C)c2)c2ccccc21. The van der Waals surface area contributed by atoms with Crippen molar-refractivity contribution in [1.29, 1.82) is 0 Å². The first-order chi connectivity index (χ1) is 15.2. The van der Waals surface area contributed by atoms with E-state index in [2.05, 4.69) is 10.9 Å². The average molecular weight is 460 g/mol. The normalized spacial score (nSPS) is 11.6. The number of nitrogens with one attached hydrogen (secondary N) is 2. The molecule has 32 heavy (non-hydrogen) atoms. The number of sulfonamides is 1. The minimum atomic E-state index is -3.71. The number of benzene rings is 2. The number of imidazole rings is 1. The van der Waals surface area contributed by atoms with E-state index in [9.17, 15) is 22.8 Å². The van der Waals surface area contributed by atoms with Gasteiger partial charge in [-0.2, -0.15) is 0 Å². The molecule has 0 aliphatic rings. The second-order valence-electron chi connectivity index (χ2n) is 7.33. The summed E-state index contributed by atoms with van der Waals surface area (Å²) in [5.74, 6) is -1.29. The van der Waals surface area contributed by atoms with Crippen LogP contribution in [0.25, 0.3) is 11.0 Å². The molecule has 2 aromatic carbocycles. The molecule has 3 aromatic rings. The summed E-state index contributed by atoms with van der Waals surface area (Å²) in [5.41, 5.74) is 5.64. The predicted octanol–water partition coefficient (Wildman–Crippen LogP) is 0.925. The number of fused-ring (bicyclic) bond motifs is 1. The molecule has 0 atom stereocenters. The second-order valence-corrected chi connectivity index (χ2v) is 9.48. The third-order valence-corrected chi connectivity index (χ3v) is 6.68. The quantitative estimate of drug-likeness (QED) is 0.509. The second kappa shape index (κ2) is 9.37. The van der Waals surface area contributed by atoms with Crippen LogP contribution in [0.4, 0.5) is 0 Å². The van der Waals surface area contributed by atoms with Crippen molar-refractivity contribution in [2.24, 2.45) is 0 Å². The number of hydrazine groups is 1. The minimum absolute atomic E-state index is 0.0447. The molecule has 0 aliphatic heterocycles. The summed E-state index contributed by atoms with van der Waals surface area (Å²) >= 11 is 0. The highest BCUT2D eigenvalue weighted by Gasteiger charge is 2.19. The first kappa shape index (κ1) is 23.2. The molecule has 2 N–H and O–H groups in total. The molecule has 0 aliphatic carbocycles. The van der Waals surface area contributed by atoms with Gasteiger partial charge < -0.3 is 0 Å². The minimum Gasteiger partial charge on any atom is -0.292 e. The summed E-state index contributed by atoms with van der Waals surface area (Å²) in [6.07, 6.45) is 0.763. The summed E-state index contributed by atoms with van der Waals surface area (Å²) < 4.78 is 28.5. The molecule has 0 radical (unpaired) electrons. The van der Waals surface area contributed by atoms with Crippen LogP contribution in [0.3, 0.4) is 0 Å². The fraction of sp³-hybridized carbons (Fsp3) is 0.286. The van der Waals surface area contributed by atoms with E-state index in [1.54, 1.807) is 16.7 Å². The van der Waals surface area contributed by atoms with Gasteiger partial charge in [0.2, 0.25) is 10.0 Å². The van der Waals surface area contributed by atoms with E-state index in [4.69, 9.17) is 0 Å². The highest BCUT2D eigenvalue weighted by atomic mass is 32.2. The maximum absolute atomic E-state index is 12.8. The monoisotopic (exact) mass is 459 g/mol. The Morgan fingerprint density at radius 2 is 1.62 bits per heavy atom. The predicted molar refractivity (Wildman–Crippen MR) is 119 cm³/mol. The molecule has 1 heterocycles. The van der Waals surface area contributed by atoms with Crippen molar-refractivity contribution in [1.82, 2.24) is 24.3 Å². The van der Waals surface area contributed by atoms with Gasteiger partial charge in [-0.1, -0.05) is 25.1 Å². The van der Waals surface area contributed by atoms with Crippen LogP contribution in [0.1, 0.15) is 23.7 Å². The van der Waals surface area contributed by atoms with Crippen molar-refractivity contribution >= 4 is 32.9 Å². The van der Waals surface area contributed by atoms with Crippen LogP contribution in [0, 0.1) is 0 Å². The highest BCUT2D eigenvalue weighted by Crippen LogP contribution is 2.15. The number of rotatable bonds is 7. The first-order valence-corrected chi connectivity index (χ1v) is 11.4. The number of amides is 2. The number of aryl methyl sites for hydroxylation is 1. The Balaban J connectivity index is 1.73. The fourth-order valence-corrected chi connectivity index (χ4v) is 4.20. The van der Waals surface area contributed by atoms with Crippen LogP contribution < -0.4 is 16.5 Å². The summed E-state index contributed by atoms with van der Waals surface area (Å²) in [6, 6.07) is 12.6. The summed E-state index contributed by atoms with van der Waals surface area (Å²) in [5, 5.41) is 0. The van der Waals surface area contributed by atoms with Gasteiger partial charge in [-0.15, -0.1) is 0 Å². The van der Waals surface area contributed by atoms with Crippen LogP contribution in [-0.4, -0.2) is 47.8 Å². The lowest BCUT2D eigenvalue weighted by Gasteiger charge is -2.12. The fourth-order valence-electron chi connectivity index (χ4n) is 3.26. The van der Waals surface area contributed by atoms with Gasteiger partial charge in [0, 0.05) is 26.2 Å². The Morgan fingerprint density at radius 1 is 0.969 bits per heavy atom. The lowest BCUT2D eigenvalue weighted by Crippen LogP contribution is -2.44. The summed E-state index contributed by atoms with van der Waals surface area (Å²) in [7, 11) is -0.926. The molecule has 11 heteroatoms. The van der Waals surface area contributed by atoms with E-state index in [1.807, 2.05) is 19.1 Å². The van der Waals surface area contributed by atoms with Gasteiger partial charge in [-0.3, -0.25) is 29.6 Å². The number of carbonyl (C=O) groups excluding carboxylic acids is 2. The van der Waals surface area contributed by atoms with Crippen molar-refractivity contribution in [3.8, 4) is 0 Å². The number of nitrogens with zero attached hydrogens (tertiary/aromatic N) is 3. The zero-order valence-corrected chi connectivity index (χ0v) is 18.8. The molecular formula is C21H25N5O5S. The number of hydrogen-bond acceptors (Lipinski definition) is 5. The number of carbonyl (C=O) groups is 2. The zero-order chi connectivity index (χ0) is 23.5. The Bertz CT molecular complexity index is 1320. The van der Waals surface area contributed by atoms with Crippen molar-refractivity contribution in [2.75, 3.05) is 14.1 Å². The molecule has 1 aromatic heterocycles. The maximum Gasteiger partial charge on any atom is 0.329 e. The van der Waals surface area contributed by atoms with Gasteiger partial charge >= 0.3 is 5.69 Å². The molecule has 0 bridgehead atoms. The zero-order valence-electron chi connectivity index (χ0n) is 18.0. The van der Waals surface area contributed by atoms with Crippen molar-refractivity contribution in [3.05, 3.63) is 64.6 Å². The lowest BCUT2D eigenvalue weighted by molar-refractivity contribution is -0.122. The third kappa shape index (κ3) is 4.58. The molecule has 0 fully saturated rings. The molecule has 3 rings (SSSR count). The van der Waals surface area contributed by atoms with E-state index >= 15 is 0 Å². The van der Waals surface area contributed by atoms with E-state index in [0.29, 0.717) is 12.1 Å². The molecule has 0 unspecified atom stereocenters. The van der Waals surface area contributed by atoms with Crippen molar-refractivity contribution < 1.29 is 18.0 Å². The van der Waals surface area contributed by atoms with Crippen LogP contribution in [0.5, 0.6) is 0 Å². The van der Waals surface area contributed by atoms with Gasteiger partial charge in [0.15, 0.2) is 0 Å². The van der Waals surface area contributed by atoms with Gasteiger partial charge in [0.05, 0.1) is 15.9 Å². The molecule has 10 nitrogen and oxygen atoms in total. The molecule has 2 amide bonds. The van der Waals surface area contributed by atoms with Crippen molar-refractivity contribution in [2.45, 2.75) is 31.3 Å². The largest absolute Gasteiger partial charge is 0.329 e. The Labute approximate surface area is 185 Å². The van der Waals surface area contributed by atoms with E-state index < -0.39 is 21.8 Å². The Kier molecular flexibility index (Phi) is 6.80. The van der Waals surface area contributed by atoms with E-state index in [0.717, 1.165) is 16.2 Å². The lowest BCUT2D eigenvalue weighted by atomic mass is 10.2. The standard InChI is InChI=1S/C21H25N5O5S/c1-4-12-25-17-10-5-6-11-18(17)26(21(25)29)14-19(27)22-23-20(28)15-8-7-9-16(13-15)32(30,31)24(2)3/h5-11,13H,4,12,14H2,1-3H3,(H,22,27)(H,23,28). The van der Waals surface area contributed by atoms with E-state index in [-0.39, 0.29) is 22.7 Å². The van der Waals surface area contributed by atoms with Gasteiger partial charge in [0.25, 0.3) is 11.8 Å². The van der Waals surface area contributed by atoms with Crippen LogP contribution in [-0.2, 0) is 27.9 Å². The van der Waals surface area contributed by atoms with Gasteiger partial charge in [0.1, 0.15) is 6.54 Å². The molecular weight excluding hydrogens is 434 g/mol. The number of para-hydroxylation sites is 2. The summed E-state index contributed by atoms with van der Waals surface area (Å²) in [6.45, 7) is 2.20. The Hall–Kier alpha value is -3.44. The van der Waals surface area contributed by atoms with Crippen molar-refractivity contribution in [3.63, 3.8) is 0 Å². The highest BCUT2D eigenvalue weighted by molar-refractivity contribution is 7.89.